The summed E-state index contributed by atoms with van der Waals surface area (Å²) in [5.74, 6) is -1.81. The molecule has 11 heteroatoms. The second kappa shape index (κ2) is 6.71. The standard InChI is InChI=1S/C18H16F3N3O4S/c1-24-7-14-11(4-5-18(8-28-9-18)23-29(14,26)27)15(24)17(25)22-10-2-3-13(19)12(6-10)16(20)21/h2-7,16,23H,8-9H2,1H3,(H,22,25). The number of carbonyl (C=O) groups is 1. The highest BCUT2D eigenvalue weighted by Gasteiger charge is 2.43. The van der Waals surface area contributed by atoms with E-state index in [4.69, 9.17) is 4.74 Å². The predicted molar refractivity (Wildman–Crippen MR) is 97.6 cm³/mol. The SMILES string of the molecule is Cn1cc2c(c1C(=O)Nc1ccc(F)c(C(F)F)c1)C=CC1(COC1)NS2(=O)=O. The van der Waals surface area contributed by atoms with Gasteiger partial charge in [-0.2, -0.15) is 4.72 Å². The monoisotopic (exact) mass is 427 g/mol. The number of sulfonamides is 1. The molecule has 1 aromatic carbocycles. The van der Waals surface area contributed by atoms with Gasteiger partial charge in [0, 0.05) is 24.5 Å². The maximum atomic E-state index is 13.5. The van der Waals surface area contributed by atoms with Crippen molar-refractivity contribution in [1.29, 1.82) is 0 Å². The van der Waals surface area contributed by atoms with Crippen LogP contribution in [-0.4, -0.2) is 37.6 Å². The summed E-state index contributed by atoms with van der Waals surface area (Å²) in [7, 11) is -2.43. The number of nitrogens with one attached hydrogen (secondary N) is 2. The van der Waals surface area contributed by atoms with E-state index in [0.29, 0.717) is 0 Å². The van der Waals surface area contributed by atoms with Crippen molar-refractivity contribution in [1.82, 2.24) is 9.29 Å². The zero-order valence-electron chi connectivity index (χ0n) is 15.1. The molecule has 0 aliphatic carbocycles. The molecule has 7 nitrogen and oxygen atoms in total. The number of nitrogens with zero attached hydrogens (tertiary/aromatic N) is 1. The minimum atomic E-state index is -3.92. The largest absolute Gasteiger partial charge is 0.377 e. The Kier molecular flexibility index (Phi) is 4.56. The molecular weight excluding hydrogens is 411 g/mol. The van der Waals surface area contributed by atoms with Crippen LogP contribution in [0.15, 0.2) is 35.4 Å². The highest BCUT2D eigenvalue weighted by atomic mass is 32.2. The Hall–Kier alpha value is -2.63. The maximum Gasteiger partial charge on any atom is 0.272 e. The lowest BCUT2D eigenvalue weighted by atomic mass is 9.97. The number of aryl methyl sites for hydroxylation is 1. The Bertz CT molecular complexity index is 1140. The van der Waals surface area contributed by atoms with Gasteiger partial charge in [0.25, 0.3) is 12.3 Å². The van der Waals surface area contributed by atoms with Crippen LogP contribution in [0.25, 0.3) is 6.08 Å². The summed E-state index contributed by atoms with van der Waals surface area (Å²) in [5, 5.41) is 2.42. The molecule has 1 fully saturated rings. The molecule has 0 bridgehead atoms. The summed E-state index contributed by atoms with van der Waals surface area (Å²) < 4.78 is 73.7. The van der Waals surface area contributed by atoms with Crippen LogP contribution in [0.4, 0.5) is 18.9 Å². The van der Waals surface area contributed by atoms with Crippen LogP contribution < -0.4 is 10.0 Å². The molecule has 1 aromatic heterocycles. The fourth-order valence-electron chi connectivity index (χ4n) is 3.33. The molecule has 0 atom stereocenters. The van der Waals surface area contributed by atoms with E-state index in [9.17, 15) is 26.4 Å². The second-order valence-electron chi connectivity index (χ2n) is 6.95. The zero-order chi connectivity index (χ0) is 21.0. The Labute approximate surface area is 164 Å². The van der Waals surface area contributed by atoms with Crippen LogP contribution in [-0.2, 0) is 21.8 Å². The van der Waals surface area contributed by atoms with Gasteiger partial charge in [-0.05, 0) is 18.2 Å². The summed E-state index contributed by atoms with van der Waals surface area (Å²) in [6.07, 6.45) is 1.41. The third-order valence-corrected chi connectivity index (χ3v) is 6.38. The number of ether oxygens (including phenoxy) is 1. The third-order valence-electron chi connectivity index (χ3n) is 4.80. The fraction of sp³-hybridized carbons (Fsp3) is 0.278. The van der Waals surface area contributed by atoms with E-state index >= 15 is 0 Å². The molecule has 4 rings (SSSR count). The van der Waals surface area contributed by atoms with Crippen molar-refractivity contribution in [2.24, 2.45) is 7.05 Å². The van der Waals surface area contributed by atoms with Gasteiger partial charge in [0.05, 0.1) is 24.3 Å². The predicted octanol–water partition coefficient (Wildman–Crippen LogP) is 2.43. The topological polar surface area (TPSA) is 89.4 Å². The molecule has 1 saturated heterocycles. The highest BCUT2D eigenvalue weighted by molar-refractivity contribution is 7.89. The van der Waals surface area contributed by atoms with Crippen molar-refractivity contribution in [2.45, 2.75) is 16.9 Å². The van der Waals surface area contributed by atoms with Gasteiger partial charge in [0.15, 0.2) is 0 Å². The number of fused-ring (bicyclic) bond motifs is 1. The molecule has 3 heterocycles. The Balaban J connectivity index is 1.72. The number of anilines is 1. The van der Waals surface area contributed by atoms with Gasteiger partial charge in [-0.15, -0.1) is 0 Å². The Morgan fingerprint density at radius 3 is 2.69 bits per heavy atom. The lowest BCUT2D eigenvalue weighted by molar-refractivity contribution is -0.0359. The van der Waals surface area contributed by atoms with Crippen LogP contribution in [0.2, 0.25) is 0 Å². The van der Waals surface area contributed by atoms with Crippen LogP contribution >= 0.6 is 0 Å². The number of rotatable bonds is 3. The molecule has 0 radical (unpaired) electrons. The van der Waals surface area contributed by atoms with Gasteiger partial charge in [0.1, 0.15) is 16.4 Å². The molecule has 1 spiro atoms. The van der Waals surface area contributed by atoms with Gasteiger partial charge in [-0.1, -0.05) is 12.2 Å². The number of alkyl halides is 2. The number of benzene rings is 1. The number of hydrogen-bond acceptors (Lipinski definition) is 4. The van der Waals surface area contributed by atoms with Gasteiger partial charge in [0.2, 0.25) is 10.0 Å². The molecule has 2 N–H and O–H groups in total. The molecular formula is C18H16F3N3O4S. The van der Waals surface area contributed by atoms with Gasteiger partial charge < -0.3 is 14.6 Å². The van der Waals surface area contributed by atoms with E-state index in [-0.39, 0.29) is 35.1 Å². The van der Waals surface area contributed by atoms with Crippen LogP contribution in [0, 0.1) is 5.82 Å². The first-order chi connectivity index (χ1) is 13.6. The zero-order valence-corrected chi connectivity index (χ0v) is 15.9. The van der Waals surface area contributed by atoms with Crippen molar-refractivity contribution in [3.8, 4) is 0 Å². The summed E-state index contributed by atoms with van der Waals surface area (Å²) in [6.45, 7) is 0.347. The minimum Gasteiger partial charge on any atom is -0.377 e. The van der Waals surface area contributed by atoms with Gasteiger partial charge in [-0.3, -0.25) is 4.79 Å². The van der Waals surface area contributed by atoms with Gasteiger partial charge >= 0.3 is 0 Å². The fourth-order valence-corrected chi connectivity index (χ4v) is 4.91. The quantitative estimate of drug-likeness (QED) is 0.788. The van der Waals surface area contributed by atoms with Crippen molar-refractivity contribution < 1.29 is 31.1 Å². The van der Waals surface area contributed by atoms with E-state index in [1.54, 1.807) is 6.08 Å². The van der Waals surface area contributed by atoms with E-state index in [1.807, 2.05) is 0 Å². The smallest absolute Gasteiger partial charge is 0.272 e. The number of carbonyl (C=O) groups excluding carboxylic acids is 1. The van der Waals surface area contributed by atoms with Crippen molar-refractivity contribution in [2.75, 3.05) is 18.5 Å². The first kappa shape index (κ1) is 19.7. The Morgan fingerprint density at radius 1 is 1.34 bits per heavy atom. The summed E-state index contributed by atoms with van der Waals surface area (Å²) >= 11 is 0. The molecule has 29 heavy (non-hydrogen) atoms. The first-order valence-electron chi connectivity index (χ1n) is 8.51. The molecule has 2 aliphatic heterocycles. The second-order valence-corrected chi connectivity index (χ2v) is 8.60. The number of hydrogen-bond donors (Lipinski definition) is 2. The molecule has 0 unspecified atom stereocenters. The molecule has 2 aromatic rings. The lowest BCUT2D eigenvalue weighted by Gasteiger charge is -2.38. The highest BCUT2D eigenvalue weighted by Crippen LogP contribution is 2.32. The number of aromatic nitrogens is 1. The van der Waals surface area contributed by atoms with E-state index in [2.05, 4.69) is 10.0 Å². The average molecular weight is 427 g/mol. The van der Waals surface area contributed by atoms with Crippen LogP contribution in [0.3, 0.4) is 0 Å². The lowest BCUT2D eigenvalue weighted by Crippen LogP contribution is -2.60. The maximum absolute atomic E-state index is 13.5. The number of amides is 1. The van der Waals surface area contributed by atoms with Crippen molar-refractivity contribution >= 4 is 27.7 Å². The van der Waals surface area contributed by atoms with E-state index < -0.39 is 39.3 Å². The molecule has 154 valence electrons. The average Bonchev–Trinajstić information content (AvgIpc) is 2.90. The third kappa shape index (κ3) is 3.34. The Morgan fingerprint density at radius 2 is 2.07 bits per heavy atom. The van der Waals surface area contributed by atoms with Crippen LogP contribution in [0.1, 0.15) is 28.0 Å². The van der Waals surface area contributed by atoms with E-state index in [0.717, 1.165) is 18.2 Å². The normalized spacial score (nSPS) is 18.9. The van der Waals surface area contributed by atoms with Crippen LogP contribution in [0.5, 0.6) is 0 Å². The molecule has 1 amide bonds. The van der Waals surface area contributed by atoms with Crippen molar-refractivity contribution in [3.05, 3.63) is 53.1 Å². The van der Waals surface area contributed by atoms with Crippen molar-refractivity contribution in [3.63, 3.8) is 0 Å². The molecule has 0 saturated carbocycles. The minimum absolute atomic E-state index is 0.0156. The molecule has 2 aliphatic rings. The first-order valence-corrected chi connectivity index (χ1v) is 9.99. The summed E-state index contributed by atoms with van der Waals surface area (Å²) in [4.78, 5) is 12.7. The van der Waals surface area contributed by atoms with Gasteiger partial charge in [-0.25, -0.2) is 21.6 Å². The summed E-state index contributed by atoms with van der Waals surface area (Å²) in [5.41, 5.74) is -1.56. The van der Waals surface area contributed by atoms with E-state index in [1.165, 1.54) is 23.9 Å². The number of halogens is 3. The summed E-state index contributed by atoms with van der Waals surface area (Å²) in [6, 6.07) is 2.82.